The molecule has 0 atom stereocenters. The zero-order valence-electron chi connectivity index (χ0n) is 24.7. The molecule has 0 aliphatic rings. The summed E-state index contributed by atoms with van der Waals surface area (Å²) in [7, 11) is 0. The van der Waals surface area contributed by atoms with Crippen molar-refractivity contribution in [2.75, 3.05) is 0 Å². The lowest BCUT2D eigenvalue weighted by Crippen LogP contribution is -2.01. The van der Waals surface area contributed by atoms with Crippen molar-refractivity contribution in [2.45, 2.75) is 0 Å². The van der Waals surface area contributed by atoms with E-state index in [0.29, 0.717) is 28.9 Å². The first-order valence-electron chi connectivity index (χ1n) is 15.3. The van der Waals surface area contributed by atoms with Gasteiger partial charge in [-0.15, -0.1) is 22.7 Å². The van der Waals surface area contributed by atoms with E-state index in [9.17, 15) is 0 Å². The maximum absolute atomic E-state index is 6.45. The molecule has 10 rings (SSSR count). The quantitative estimate of drug-likeness (QED) is 0.192. The van der Waals surface area contributed by atoms with E-state index in [1.165, 1.54) is 24.9 Å². The van der Waals surface area contributed by atoms with Crippen molar-refractivity contribution in [3.63, 3.8) is 0 Å². The molecule has 4 aromatic heterocycles. The lowest BCUT2D eigenvalue weighted by molar-refractivity contribution is 0.620. The van der Waals surface area contributed by atoms with Crippen LogP contribution in [0.25, 0.3) is 97.1 Å². The van der Waals surface area contributed by atoms with E-state index in [1.807, 2.05) is 60.7 Å². The molecule has 0 amide bonds. The van der Waals surface area contributed by atoms with Gasteiger partial charge in [-0.05, 0) is 30.3 Å². The minimum absolute atomic E-state index is 0.566. The minimum atomic E-state index is 0.566. The van der Waals surface area contributed by atoms with Gasteiger partial charge < -0.3 is 4.42 Å². The molecule has 6 aromatic carbocycles. The summed E-state index contributed by atoms with van der Waals surface area (Å²) >= 11 is 3.52. The molecule has 0 spiro atoms. The molecule has 220 valence electrons. The number of aromatic nitrogens is 4. The van der Waals surface area contributed by atoms with E-state index < -0.39 is 0 Å². The van der Waals surface area contributed by atoms with Crippen LogP contribution >= 0.6 is 22.7 Å². The van der Waals surface area contributed by atoms with E-state index >= 15 is 0 Å². The number of benzene rings is 6. The monoisotopic (exact) mass is 638 g/mol. The first kappa shape index (κ1) is 26.5. The van der Waals surface area contributed by atoms with Crippen LogP contribution in [0.1, 0.15) is 0 Å². The van der Waals surface area contributed by atoms with Crippen molar-refractivity contribution in [1.82, 2.24) is 19.9 Å². The number of hydrogen-bond donors (Lipinski definition) is 0. The van der Waals surface area contributed by atoms with Crippen molar-refractivity contribution in [3.05, 3.63) is 133 Å². The summed E-state index contributed by atoms with van der Waals surface area (Å²) in [5, 5.41) is 4.71. The molecule has 4 heterocycles. The van der Waals surface area contributed by atoms with E-state index in [-0.39, 0.29) is 0 Å². The summed E-state index contributed by atoms with van der Waals surface area (Å²) in [5.41, 5.74) is 5.06. The largest absolute Gasteiger partial charge is 0.436 e. The summed E-state index contributed by atoms with van der Waals surface area (Å²) in [6.07, 6.45) is 0. The Bertz CT molecular complexity index is 2800. The molecule has 0 aliphatic heterocycles. The van der Waals surface area contributed by atoms with Crippen molar-refractivity contribution in [2.24, 2.45) is 0 Å². The van der Waals surface area contributed by atoms with Gasteiger partial charge in [0.2, 0.25) is 5.89 Å². The Morgan fingerprint density at radius 3 is 1.81 bits per heavy atom. The Morgan fingerprint density at radius 2 is 1.02 bits per heavy atom. The lowest BCUT2D eigenvalue weighted by Gasteiger charge is -2.10. The third-order valence-corrected chi connectivity index (χ3v) is 10.8. The van der Waals surface area contributed by atoms with Gasteiger partial charge in [0.25, 0.3) is 0 Å². The summed E-state index contributed by atoms with van der Waals surface area (Å²) in [5.74, 6) is 2.36. The Labute approximate surface area is 276 Å². The first-order chi connectivity index (χ1) is 23.3. The SMILES string of the molecule is c1ccc(-c2nc(-c3ccc4c(c3)sc3ccccc34)nc(-c3c4nc(-c5ccccc5)oc4cc4sc5ccccc5c34)n2)cc1. The van der Waals surface area contributed by atoms with Crippen molar-refractivity contribution < 1.29 is 4.42 Å². The number of nitrogens with zero attached hydrogens (tertiary/aromatic N) is 4. The molecule has 0 bridgehead atoms. The molecule has 47 heavy (non-hydrogen) atoms. The fourth-order valence-corrected chi connectivity index (χ4v) is 8.68. The van der Waals surface area contributed by atoms with Crippen LogP contribution in [0.4, 0.5) is 0 Å². The van der Waals surface area contributed by atoms with Crippen LogP contribution in [0.2, 0.25) is 0 Å². The lowest BCUT2D eigenvalue weighted by atomic mass is 10.0. The number of rotatable bonds is 4. The van der Waals surface area contributed by atoms with Crippen LogP contribution < -0.4 is 0 Å². The molecular formula is C40H22N4OS2. The normalized spacial score (nSPS) is 11.8. The average molecular weight is 639 g/mol. The summed E-state index contributed by atoms with van der Waals surface area (Å²) in [6.45, 7) is 0. The van der Waals surface area contributed by atoms with Crippen LogP contribution in [-0.4, -0.2) is 19.9 Å². The minimum Gasteiger partial charge on any atom is -0.436 e. The van der Waals surface area contributed by atoms with E-state index in [4.69, 9.17) is 24.4 Å². The Balaban J connectivity index is 1.28. The van der Waals surface area contributed by atoms with Crippen LogP contribution in [-0.2, 0) is 0 Å². The molecule has 7 heteroatoms. The second-order valence-electron chi connectivity index (χ2n) is 11.4. The fourth-order valence-electron chi connectivity index (χ4n) is 6.39. The topological polar surface area (TPSA) is 64.7 Å². The molecule has 10 aromatic rings. The summed E-state index contributed by atoms with van der Waals surface area (Å²) in [6, 6.07) is 45.7. The highest BCUT2D eigenvalue weighted by Gasteiger charge is 2.24. The highest BCUT2D eigenvalue weighted by molar-refractivity contribution is 7.26. The number of thiophene rings is 2. The molecule has 0 N–H and O–H groups in total. The fraction of sp³-hybridized carbons (Fsp3) is 0. The molecule has 0 fully saturated rings. The van der Waals surface area contributed by atoms with Crippen molar-refractivity contribution in [1.29, 1.82) is 0 Å². The van der Waals surface area contributed by atoms with E-state index in [0.717, 1.165) is 43.2 Å². The van der Waals surface area contributed by atoms with Gasteiger partial charge in [0, 0.05) is 63.1 Å². The smallest absolute Gasteiger partial charge is 0.227 e. The molecule has 5 nitrogen and oxygen atoms in total. The van der Waals surface area contributed by atoms with Gasteiger partial charge in [0.05, 0.1) is 5.56 Å². The predicted octanol–water partition coefficient (Wildman–Crippen LogP) is 11.4. The van der Waals surface area contributed by atoms with Crippen LogP contribution in [0.5, 0.6) is 0 Å². The van der Waals surface area contributed by atoms with Crippen molar-refractivity contribution >= 4 is 74.1 Å². The Hall–Kier alpha value is -5.76. The van der Waals surface area contributed by atoms with Crippen LogP contribution in [0.15, 0.2) is 138 Å². The molecule has 0 unspecified atom stereocenters. The van der Waals surface area contributed by atoms with E-state index in [2.05, 4.69) is 72.8 Å². The maximum Gasteiger partial charge on any atom is 0.227 e. The summed E-state index contributed by atoms with van der Waals surface area (Å²) < 4.78 is 11.2. The summed E-state index contributed by atoms with van der Waals surface area (Å²) in [4.78, 5) is 20.6. The van der Waals surface area contributed by atoms with Gasteiger partial charge in [0.1, 0.15) is 5.52 Å². The van der Waals surface area contributed by atoms with E-state index in [1.54, 1.807) is 22.7 Å². The van der Waals surface area contributed by atoms with Gasteiger partial charge in [0.15, 0.2) is 23.1 Å². The zero-order valence-corrected chi connectivity index (χ0v) is 26.3. The Morgan fingerprint density at radius 1 is 0.426 bits per heavy atom. The standard InChI is InChI=1S/C40H22N4OS2/c1-3-11-23(12-4-1)37-42-38(25-19-20-27-26-15-7-9-17-30(26)46-32(27)21-25)44-39(43-37)35-34-28-16-8-10-18-31(28)47-33(34)22-29-36(35)41-40(45-29)24-13-5-2-6-14-24/h1-22H. The van der Waals surface area contributed by atoms with Gasteiger partial charge in [-0.2, -0.15) is 0 Å². The van der Waals surface area contributed by atoms with Gasteiger partial charge in [-0.1, -0.05) is 97.1 Å². The van der Waals surface area contributed by atoms with Gasteiger partial charge in [-0.25, -0.2) is 19.9 Å². The van der Waals surface area contributed by atoms with Crippen LogP contribution in [0, 0.1) is 0 Å². The van der Waals surface area contributed by atoms with Crippen molar-refractivity contribution in [3.8, 4) is 45.6 Å². The molecular weight excluding hydrogens is 617 g/mol. The van der Waals surface area contributed by atoms with Gasteiger partial charge in [-0.3, -0.25) is 0 Å². The maximum atomic E-state index is 6.45. The third kappa shape index (κ3) is 4.28. The number of hydrogen-bond acceptors (Lipinski definition) is 7. The van der Waals surface area contributed by atoms with Gasteiger partial charge >= 0.3 is 0 Å². The molecule has 0 radical (unpaired) electrons. The third-order valence-electron chi connectivity index (χ3n) is 8.57. The number of oxazole rings is 1. The zero-order chi connectivity index (χ0) is 30.9. The molecule has 0 aliphatic carbocycles. The second kappa shape index (κ2) is 10.4. The molecule has 0 saturated heterocycles. The second-order valence-corrected chi connectivity index (χ2v) is 13.6. The predicted molar refractivity (Wildman–Crippen MR) is 195 cm³/mol. The molecule has 0 saturated carbocycles. The highest BCUT2D eigenvalue weighted by atomic mass is 32.1. The first-order valence-corrected chi connectivity index (χ1v) is 16.9. The average Bonchev–Trinajstić information content (AvgIpc) is 3.84. The highest BCUT2D eigenvalue weighted by Crippen LogP contribution is 2.45. The Kier molecular flexibility index (Phi) is 5.85. The van der Waals surface area contributed by atoms with Crippen LogP contribution in [0.3, 0.4) is 0 Å². The number of fused-ring (bicyclic) bond motifs is 7.